The molecular formula is C18H26N2O. The average molecular weight is 286 g/mol. The summed E-state index contributed by atoms with van der Waals surface area (Å²) in [6.45, 7) is 1.70. The molecule has 1 aromatic rings. The molecule has 0 aromatic heterocycles. The van der Waals surface area contributed by atoms with E-state index in [1.54, 1.807) is 0 Å². The zero-order chi connectivity index (χ0) is 14.5. The number of nitrogens with one attached hydrogen (secondary N) is 1. The van der Waals surface area contributed by atoms with Crippen LogP contribution in [0.15, 0.2) is 24.3 Å². The monoisotopic (exact) mass is 286 g/mol. The number of hydrogen-bond donors (Lipinski definition) is 1. The maximum Gasteiger partial charge on any atom is 0.228 e. The number of nitrogens with zero attached hydrogens (tertiary/aromatic N) is 1. The standard InChI is InChI=1S/C18H26N2O/c21-18(12-13-19-16-9-2-1-3-10-16)20-14-6-8-15-7-4-5-11-17(15)20/h4-5,7,11,16,19H,1-3,6,8-10,12-14H2. The van der Waals surface area contributed by atoms with Crippen LogP contribution in [0.2, 0.25) is 0 Å². The maximum atomic E-state index is 12.5. The fourth-order valence-electron chi connectivity index (χ4n) is 3.62. The van der Waals surface area contributed by atoms with E-state index in [4.69, 9.17) is 0 Å². The number of para-hydroxylation sites is 1. The van der Waals surface area contributed by atoms with Crippen LogP contribution in [0.1, 0.15) is 50.5 Å². The summed E-state index contributed by atoms with van der Waals surface area (Å²) in [7, 11) is 0. The second-order valence-corrected chi connectivity index (χ2v) is 6.32. The number of hydrogen-bond acceptors (Lipinski definition) is 2. The van der Waals surface area contributed by atoms with Gasteiger partial charge in [0.15, 0.2) is 0 Å². The third-order valence-electron chi connectivity index (χ3n) is 4.79. The van der Waals surface area contributed by atoms with E-state index in [0.717, 1.165) is 31.6 Å². The predicted octanol–water partition coefficient (Wildman–Crippen LogP) is 3.28. The van der Waals surface area contributed by atoms with Crippen molar-refractivity contribution < 1.29 is 4.79 Å². The molecule has 1 aliphatic carbocycles. The Kier molecular flexibility index (Phi) is 4.91. The van der Waals surface area contributed by atoms with Crippen molar-refractivity contribution in [1.82, 2.24) is 5.32 Å². The highest BCUT2D eigenvalue weighted by molar-refractivity contribution is 5.94. The van der Waals surface area contributed by atoms with Crippen molar-refractivity contribution in [3.63, 3.8) is 0 Å². The molecule has 0 unspecified atom stereocenters. The van der Waals surface area contributed by atoms with E-state index in [2.05, 4.69) is 23.5 Å². The van der Waals surface area contributed by atoms with Crippen LogP contribution in [0.3, 0.4) is 0 Å². The van der Waals surface area contributed by atoms with E-state index in [9.17, 15) is 4.79 Å². The van der Waals surface area contributed by atoms with Crippen molar-refractivity contribution in [2.75, 3.05) is 18.0 Å². The lowest BCUT2D eigenvalue weighted by atomic mass is 9.95. The van der Waals surface area contributed by atoms with E-state index in [0.29, 0.717) is 12.5 Å². The zero-order valence-electron chi connectivity index (χ0n) is 12.8. The Hall–Kier alpha value is -1.35. The van der Waals surface area contributed by atoms with Crippen LogP contribution in [-0.2, 0) is 11.2 Å². The summed E-state index contributed by atoms with van der Waals surface area (Å²) in [5.74, 6) is 0.269. The third-order valence-corrected chi connectivity index (χ3v) is 4.79. The van der Waals surface area contributed by atoms with Gasteiger partial charge in [-0.05, 0) is 37.3 Å². The van der Waals surface area contributed by atoms with E-state index in [1.807, 2.05) is 11.0 Å². The van der Waals surface area contributed by atoms with Crippen LogP contribution < -0.4 is 10.2 Å². The van der Waals surface area contributed by atoms with Crippen molar-refractivity contribution in [3.8, 4) is 0 Å². The fraction of sp³-hybridized carbons (Fsp3) is 0.611. The molecule has 0 saturated heterocycles. The SMILES string of the molecule is O=C(CCNC1CCCCC1)N1CCCc2ccccc21. The quantitative estimate of drug-likeness (QED) is 0.921. The lowest BCUT2D eigenvalue weighted by Gasteiger charge is -2.30. The van der Waals surface area contributed by atoms with Gasteiger partial charge in [0.25, 0.3) is 0 Å². The van der Waals surface area contributed by atoms with Gasteiger partial charge in [0.05, 0.1) is 0 Å². The summed E-state index contributed by atoms with van der Waals surface area (Å²) in [6.07, 6.45) is 9.41. The second-order valence-electron chi connectivity index (χ2n) is 6.32. The van der Waals surface area contributed by atoms with Gasteiger partial charge in [-0.3, -0.25) is 4.79 Å². The number of rotatable bonds is 4. The highest BCUT2D eigenvalue weighted by Gasteiger charge is 2.22. The van der Waals surface area contributed by atoms with Crippen LogP contribution in [0.5, 0.6) is 0 Å². The third kappa shape index (κ3) is 3.65. The average Bonchev–Trinajstić information content (AvgIpc) is 2.55. The molecule has 0 atom stereocenters. The molecule has 0 spiro atoms. The van der Waals surface area contributed by atoms with Crippen LogP contribution in [-0.4, -0.2) is 25.0 Å². The molecule has 2 aliphatic rings. The molecule has 114 valence electrons. The van der Waals surface area contributed by atoms with E-state index in [1.165, 1.54) is 37.7 Å². The number of anilines is 1. The Labute approximate surface area is 127 Å². The molecule has 1 fully saturated rings. The van der Waals surface area contributed by atoms with Gasteiger partial charge in [0, 0.05) is 31.2 Å². The first-order chi connectivity index (χ1) is 10.3. The van der Waals surface area contributed by atoms with Crippen molar-refractivity contribution >= 4 is 11.6 Å². The Morgan fingerprint density at radius 2 is 1.95 bits per heavy atom. The second kappa shape index (κ2) is 7.08. The van der Waals surface area contributed by atoms with Crippen molar-refractivity contribution in [2.24, 2.45) is 0 Å². The van der Waals surface area contributed by atoms with Crippen molar-refractivity contribution in [1.29, 1.82) is 0 Å². The van der Waals surface area contributed by atoms with Gasteiger partial charge in [-0.15, -0.1) is 0 Å². The summed E-state index contributed by atoms with van der Waals surface area (Å²) in [5, 5.41) is 3.57. The summed E-state index contributed by atoms with van der Waals surface area (Å²) in [5.41, 5.74) is 2.45. The van der Waals surface area contributed by atoms with Crippen LogP contribution >= 0.6 is 0 Å². The van der Waals surface area contributed by atoms with Crippen molar-refractivity contribution in [3.05, 3.63) is 29.8 Å². The number of benzene rings is 1. The molecule has 1 saturated carbocycles. The van der Waals surface area contributed by atoms with Gasteiger partial charge in [-0.2, -0.15) is 0 Å². The molecule has 0 bridgehead atoms. The number of fused-ring (bicyclic) bond motifs is 1. The Morgan fingerprint density at radius 1 is 1.14 bits per heavy atom. The smallest absolute Gasteiger partial charge is 0.228 e. The van der Waals surface area contributed by atoms with E-state index < -0.39 is 0 Å². The topological polar surface area (TPSA) is 32.3 Å². The van der Waals surface area contributed by atoms with Gasteiger partial charge in [-0.25, -0.2) is 0 Å². The fourth-order valence-corrected chi connectivity index (χ4v) is 3.62. The Balaban J connectivity index is 1.51. The summed E-state index contributed by atoms with van der Waals surface area (Å²) in [6, 6.07) is 8.97. The minimum Gasteiger partial charge on any atom is -0.313 e. The lowest BCUT2D eigenvalue weighted by Crippen LogP contribution is -2.39. The van der Waals surface area contributed by atoms with Crippen LogP contribution in [0, 0.1) is 0 Å². The first kappa shape index (κ1) is 14.6. The zero-order valence-corrected chi connectivity index (χ0v) is 12.8. The molecule has 21 heavy (non-hydrogen) atoms. The lowest BCUT2D eigenvalue weighted by molar-refractivity contribution is -0.118. The van der Waals surface area contributed by atoms with E-state index in [-0.39, 0.29) is 5.91 Å². The molecule has 1 aromatic carbocycles. The number of carbonyl (C=O) groups is 1. The van der Waals surface area contributed by atoms with Crippen LogP contribution in [0.25, 0.3) is 0 Å². The number of carbonyl (C=O) groups excluding carboxylic acids is 1. The van der Waals surface area contributed by atoms with Gasteiger partial charge in [-0.1, -0.05) is 37.5 Å². The normalized spacial score (nSPS) is 19.3. The van der Waals surface area contributed by atoms with Gasteiger partial charge < -0.3 is 10.2 Å². The first-order valence-electron chi connectivity index (χ1n) is 8.46. The van der Waals surface area contributed by atoms with E-state index >= 15 is 0 Å². The summed E-state index contributed by atoms with van der Waals surface area (Å²) >= 11 is 0. The summed E-state index contributed by atoms with van der Waals surface area (Å²) in [4.78, 5) is 14.5. The van der Waals surface area contributed by atoms with Gasteiger partial charge >= 0.3 is 0 Å². The molecule has 1 heterocycles. The van der Waals surface area contributed by atoms with Crippen molar-refractivity contribution in [2.45, 2.75) is 57.4 Å². The molecule has 3 nitrogen and oxygen atoms in total. The Bertz CT molecular complexity index is 480. The number of aryl methyl sites for hydroxylation is 1. The molecule has 0 radical (unpaired) electrons. The Morgan fingerprint density at radius 3 is 2.81 bits per heavy atom. The predicted molar refractivity (Wildman–Crippen MR) is 86.6 cm³/mol. The molecular weight excluding hydrogens is 260 g/mol. The summed E-state index contributed by atoms with van der Waals surface area (Å²) < 4.78 is 0. The van der Waals surface area contributed by atoms with Gasteiger partial charge in [0.2, 0.25) is 5.91 Å². The first-order valence-corrected chi connectivity index (χ1v) is 8.46. The molecule has 3 rings (SSSR count). The number of amides is 1. The van der Waals surface area contributed by atoms with Gasteiger partial charge in [0.1, 0.15) is 0 Å². The molecule has 1 N–H and O–H groups in total. The maximum absolute atomic E-state index is 12.5. The van der Waals surface area contributed by atoms with Crippen LogP contribution in [0.4, 0.5) is 5.69 Å². The largest absolute Gasteiger partial charge is 0.313 e. The molecule has 3 heteroatoms. The molecule has 1 aliphatic heterocycles. The highest BCUT2D eigenvalue weighted by atomic mass is 16.2. The minimum absolute atomic E-state index is 0.269. The minimum atomic E-state index is 0.269. The highest BCUT2D eigenvalue weighted by Crippen LogP contribution is 2.27. The molecule has 1 amide bonds.